The normalized spacial score (nSPS) is 15.6. The number of amides is 1. The highest BCUT2D eigenvalue weighted by Gasteiger charge is 2.17. The van der Waals surface area contributed by atoms with Gasteiger partial charge in [0.1, 0.15) is 0 Å². The molecule has 0 atom stereocenters. The number of carbonyl (C=O) groups excluding carboxylic acids is 1. The molecule has 1 fully saturated rings. The van der Waals surface area contributed by atoms with Gasteiger partial charge in [-0.3, -0.25) is 4.79 Å². The molecule has 1 aliphatic carbocycles. The molecule has 0 aromatic heterocycles. The maximum absolute atomic E-state index is 11.9. The minimum atomic E-state index is 0.00840. The highest BCUT2D eigenvalue weighted by atomic mass is 16.5. The predicted molar refractivity (Wildman–Crippen MR) is 76.5 cm³/mol. The van der Waals surface area contributed by atoms with Crippen LogP contribution in [-0.4, -0.2) is 26.2 Å². The Morgan fingerprint density at radius 3 is 2.58 bits per heavy atom. The molecule has 104 valence electrons. The molecule has 1 N–H and O–H groups in total. The highest BCUT2D eigenvalue weighted by Crippen LogP contribution is 2.33. The lowest BCUT2D eigenvalue weighted by molar-refractivity contribution is 0.0948. The molecule has 0 radical (unpaired) electrons. The summed E-state index contributed by atoms with van der Waals surface area (Å²) in [5.41, 5.74) is 2.13. The first-order valence-corrected chi connectivity index (χ1v) is 7.18. The second-order valence-corrected chi connectivity index (χ2v) is 5.21. The van der Waals surface area contributed by atoms with E-state index in [1.165, 1.54) is 31.2 Å². The van der Waals surface area contributed by atoms with E-state index in [0.717, 1.165) is 12.0 Å². The predicted octanol–water partition coefficient (Wildman–Crippen LogP) is 3.11. The number of benzene rings is 1. The van der Waals surface area contributed by atoms with E-state index >= 15 is 0 Å². The Labute approximate surface area is 115 Å². The van der Waals surface area contributed by atoms with Crippen molar-refractivity contribution in [1.29, 1.82) is 0 Å². The zero-order chi connectivity index (χ0) is 13.5. The van der Waals surface area contributed by atoms with Gasteiger partial charge in [0, 0.05) is 25.8 Å². The number of nitrogens with one attached hydrogen (secondary N) is 1. The Kier molecular flexibility index (Phi) is 5.40. The molecule has 3 heteroatoms. The smallest absolute Gasteiger partial charge is 0.251 e. The Bertz CT molecular complexity index is 394. The molecule has 0 heterocycles. The number of methoxy groups -OCH3 is 1. The van der Waals surface area contributed by atoms with E-state index in [-0.39, 0.29) is 5.91 Å². The highest BCUT2D eigenvalue weighted by molar-refractivity contribution is 5.94. The molecule has 1 aromatic rings. The van der Waals surface area contributed by atoms with E-state index < -0.39 is 0 Å². The second-order valence-electron chi connectivity index (χ2n) is 5.21. The third-order valence-electron chi connectivity index (χ3n) is 3.81. The van der Waals surface area contributed by atoms with Crippen LogP contribution in [0.25, 0.3) is 0 Å². The van der Waals surface area contributed by atoms with Gasteiger partial charge in [0.15, 0.2) is 0 Å². The van der Waals surface area contributed by atoms with E-state index in [1.54, 1.807) is 7.11 Å². The van der Waals surface area contributed by atoms with E-state index in [2.05, 4.69) is 17.4 Å². The summed E-state index contributed by atoms with van der Waals surface area (Å²) in [7, 11) is 1.67. The summed E-state index contributed by atoms with van der Waals surface area (Å²) in [6.07, 6.45) is 6.12. The summed E-state index contributed by atoms with van der Waals surface area (Å²) in [6.45, 7) is 1.35. The third-order valence-corrected chi connectivity index (χ3v) is 3.81. The van der Waals surface area contributed by atoms with Crippen LogP contribution >= 0.6 is 0 Å². The minimum Gasteiger partial charge on any atom is -0.385 e. The SMILES string of the molecule is COCCCNC(=O)c1ccc(C2CCCC2)cc1. The quantitative estimate of drug-likeness (QED) is 0.799. The van der Waals surface area contributed by atoms with Crippen LogP contribution in [0, 0.1) is 0 Å². The van der Waals surface area contributed by atoms with Crippen LogP contribution in [0.5, 0.6) is 0 Å². The van der Waals surface area contributed by atoms with E-state index in [0.29, 0.717) is 19.1 Å². The molecule has 19 heavy (non-hydrogen) atoms. The molecule has 0 unspecified atom stereocenters. The van der Waals surface area contributed by atoms with Gasteiger partial charge >= 0.3 is 0 Å². The molecular weight excluding hydrogens is 238 g/mol. The van der Waals surface area contributed by atoms with Crippen LogP contribution in [-0.2, 0) is 4.74 Å². The molecule has 0 aliphatic heterocycles. The molecule has 0 spiro atoms. The van der Waals surface area contributed by atoms with Crippen LogP contribution in [0.4, 0.5) is 0 Å². The van der Waals surface area contributed by atoms with Crippen molar-refractivity contribution < 1.29 is 9.53 Å². The van der Waals surface area contributed by atoms with Gasteiger partial charge in [-0.2, -0.15) is 0 Å². The molecular formula is C16H23NO2. The fourth-order valence-electron chi connectivity index (χ4n) is 2.69. The van der Waals surface area contributed by atoms with Crippen LogP contribution < -0.4 is 5.32 Å². The summed E-state index contributed by atoms with van der Waals surface area (Å²) >= 11 is 0. The fraction of sp³-hybridized carbons (Fsp3) is 0.562. The first kappa shape index (κ1) is 14.1. The maximum atomic E-state index is 11.9. The van der Waals surface area contributed by atoms with Gasteiger partial charge in [-0.05, 0) is 42.9 Å². The summed E-state index contributed by atoms with van der Waals surface area (Å²) < 4.78 is 4.95. The number of hydrogen-bond donors (Lipinski definition) is 1. The van der Waals surface area contributed by atoms with Crippen molar-refractivity contribution in [3.8, 4) is 0 Å². The van der Waals surface area contributed by atoms with Crippen molar-refractivity contribution in [2.45, 2.75) is 38.0 Å². The zero-order valence-electron chi connectivity index (χ0n) is 11.7. The number of hydrogen-bond acceptors (Lipinski definition) is 2. The van der Waals surface area contributed by atoms with Crippen molar-refractivity contribution in [1.82, 2.24) is 5.32 Å². The Balaban J connectivity index is 1.85. The third kappa shape index (κ3) is 4.06. The largest absolute Gasteiger partial charge is 0.385 e. The van der Waals surface area contributed by atoms with Gasteiger partial charge in [0.2, 0.25) is 0 Å². The van der Waals surface area contributed by atoms with Gasteiger partial charge in [-0.25, -0.2) is 0 Å². The summed E-state index contributed by atoms with van der Waals surface area (Å²) in [6, 6.07) is 8.11. The molecule has 1 amide bonds. The molecule has 0 saturated heterocycles. The fourth-order valence-corrected chi connectivity index (χ4v) is 2.69. The standard InChI is InChI=1S/C16H23NO2/c1-19-12-4-11-17-16(18)15-9-7-14(8-10-15)13-5-2-3-6-13/h7-10,13H,2-6,11-12H2,1H3,(H,17,18). The van der Waals surface area contributed by atoms with Crippen LogP contribution in [0.15, 0.2) is 24.3 Å². The lowest BCUT2D eigenvalue weighted by Crippen LogP contribution is -2.25. The molecule has 0 bridgehead atoms. The Morgan fingerprint density at radius 1 is 1.26 bits per heavy atom. The first-order chi connectivity index (χ1) is 9.31. The maximum Gasteiger partial charge on any atom is 0.251 e. The average Bonchev–Trinajstić information content (AvgIpc) is 2.98. The van der Waals surface area contributed by atoms with Gasteiger partial charge in [-0.15, -0.1) is 0 Å². The van der Waals surface area contributed by atoms with Gasteiger partial charge in [0.05, 0.1) is 0 Å². The summed E-state index contributed by atoms with van der Waals surface area (Å²) in [5, 5.41) is 2.90. The van der Waals surface area contributed by atoms with Crippen molar-refractivity contribution in [2.75, 3.05) is 20.3 Å². The topological polar surface area (TPSA) is 38.3 Å². The van der Waals surface area contributed by atoms with Crippen molar-refractivity contribution in [3.05, 3.63) is 35.4 Å². The van der Waals surface area contributed by atoms with Crippen LogP contribution in [0.1, 0.15) is 53.9 Å². The number of ether oxygens (including phenoxy) is 1. The monoisotopic (exact) mass is 261 g/mol. The molecule has 2 rings (SSSR count). The molecule has 3 nitrogen and oxygen atoms in total. The minimum absolute atomic E-state index is 0.00840. The van der Waals surface area contributed by atoms with Crippen molar-refractivity contribution in [3.63, 3.8) is 0 Å². The van der Waals surface area contributed by atoms with Crippen LogP contribution in [0.2, 0.25) is 0 Å². The molecule has 1 aliphatic rings. The van der Waals surface area contributed by atoms with Crippen LogP contribution in [0.3, 0.4) is 0 Å². The van der Waals surface area contributed by atoms with E-state index in [1.807, 2.05) is 12.1 Å². The van der Waals surface area contributed by atoms with Gasteiger partial charge < -0.3 is 10.1 Å². The van der Waals surface area contributed by atoms with E-state index in [9.17, 15) is 4.79 Å². The number of carbonyl (C=O) groups is 1. The lowest BCUT2D eigenvalue weighted by Gasteiger charge is -2.10. The van der Waals surface area contributed by atoms with E-state index in [4.69, 9.17) is 4.74 Å². The second kappa shape index (κ2) is 7.29. The average molecular weight is 261 g/mol. The Morgan fingerprint density at radius 2 is 1.95 bits per heavy atom. The van der Waals surface area contributed by atoms with Crippen molar-refractivity contribution >= 4 is 5.91 Å². The molecule has 1 saturated carbocycles. The van der Waals surface area contributed by atoms with Gasteiger partial charge in [0.25, 0.3) is 5.91 Å². The number of rotatable bonds is 6. The summed E-state index contributed by atoms with van der Waals surface area (Å²) in [4.78, 5) is 11.9. The zero-order valence-corrected chi connectivity index (χ0v) is 11.7. The molecule has 1 aromatic carbocycles. The Hall–Kier alpha value is -1.35. The van der Waals surface area contributed by atoms with Crippen molar-refractivity contribution in [2.24, 2.45) is 0 Å². The first-order valence-electron chi connectivity index (χ1n) is 7.18. The summed E-state index contributed by atoms with van der Waals surface area (Å²) in [5.74, 6) is 0.716. The van der Waals surface area contributed by atoms with Gasteiger partial charge in [-0.1, -0.05) is 25.0 Å². The lowest BCUT2D eigenvalue weighted by atomic mass is 9.96.